The van der Waals surface area contributed by atoms with Crippen LogP contribution in [0.3, 0.4) is 0 Å². The number of anilines is 2. The maximum absolute atomic E-state index is 15.6. The van der Waals surface area contributed by atoms with Gasteiger partial charge in [-0.1, -0.05) is 77.3 Å². The molecule has 2 heterocycles. The number of imide groups is 2. The highest BCUT2D eigenvalue weighted by Gasteiger charge is 2.70. The number of rotatable bonds is 7. The highest BCUT2D eigenvalue weighted by Crippen LogP contribution is 2.65. The van der Waals surface area contributed by atoms with Gasteiger partial charge in [-0.25, -0.2) is 0 Å². The number of hydrazine groups is 1. The van der Waals surface area contributed by atoms with Crippen LogP contribution in [0.15, 0.2) is 115 Å². The van der Waals surface area contributed by atoms with E-state index in [1.807, 2.05) is 24.3 Å². The number of fused-ring (bicyclic) bond motifs is 5. The molecule has 6 atom stereocenters. The zero-order valence-corrected chi connectivity index (χ0v) is 32.3. The van der Waals surface area contributed by atoms with Crippen molar-refractivity contribution >= 4 is 74.8 Å². The largest absolute Gasteiger partial charge is 0.507 e. The fourth-order valence-electron chi connectivity index (χ4n) is 9.85. The van der Waals surface area contributed by atoms with Gasteiger partial charge in [0.25, 0.3) is 11.8 Å². The zero-order valence-electron chi connectivity index (χ0n) is 30.7. The zero-order chi connectivity index (χ0) is 39.9. The van der Waals surface area contributed by atoms with Gasteiger partial charge in [0, 0.05) is 21.9 Å². The molecular formula is C45H35Cl2N3O7. The van der Waals surface area contributed by atoms with E-state index in [1.165, 1.54) is 17.9 Å². The minimum Gasteiger partial charge on any atom is -0.507 e. The summed E-state index contributed by atoms with van der Waals surface area (Å²) in [7, 11) is 1.54. The molecule has 9 rings (SSSR count). The number of carbonyl (C=O) groups is 5. The number of ketones is 1. The third kappa shape index (κ3) is 5.41. The van der Waals surface area contributed by atoms with E-state index in [0.717, 1.165) is 10.6 Å². The quantitative estimate of drug-likeness (QED) is 0.0956. The van der Waals surface area contributed by atoms with E-state index in [2.05, 4.69) is 5.43 Å². The number of ether oxygens (including phenoxy) is 1. The maximum Gasteiger partial charge on any atom is 0.260 e. The topological polar surface area (TPSA) is 133 Å². The third-order valence-corrected chi connectivity index (χ3v) is 12.9. The highest BCUT2D eigenvalue weighted by atomic mass is 35.5. The van der Waals surface area contributed by atoms with Crippen molar-refractivity contribution in [2.75, 3.05) is 17.4 Å². The minimum absolute atomic E-state index is 0.0481. The standard InChI is InChI=1S/C45H35Cl2N3O7/c1-23(51)24-7-12-27(13-8-24)49-41(53)33-17-16-32-34(39(33)43(49)55)22-35-42(54)50(48-37-19-11-26(46)21-36(37)47)44(56)45(35,25-9-14-28(57-2)15-10-25)40(32)31-18-20-38(52)30-6-4-3-5-29(30)31/h3-16,18-21,33-35,39-40,48,52H,17,22H2,1-2H3/t33-,34+,35-,39-,40-,45+/m0/s1. The van der Waals surface area contributed by atoms with E-state index >= 15 is 9.59 Å². The predicted molar refractivity (Wildman–Crippen MR) is 215 cm³/mol. The van der Waals surface area contributed by atoms with Crippen LogP contribution in [0.2, 0.25) is 10.0 Å². The first-order chi connectivity index (χ1) is 27.4. The molecule has 1 saturated carbocycles. The molecule has 0 unspecified atom stereocenters. The third-order valence-electron chi connectivity index (χ3n) is 12.4. The van der Waals surface area contributed by atoms with Crippen molar-refractivity contribution in [3.63, 3.8) is 0 Å². The van der Waals surface area contributed by atoms with Gasteiger partial charge in [0.05, 0.1) is 46.7 Å². The fourth-order valence-corrected chi connectivity index (χ4v) is 10.3. The van der Waals surface area contributed by atoms with E-state index in [0.29, 0.717) is 43.9 Å². The summed E-state index contributed by atoms with van der Waals surface area (Å²) in [6, 6.07) is 28.9. The van der Waals surface area contributed by atoms with Crippen molar-refractivity contribution in [2.24, 2.45) is 23.7 Å². The Bertz CT molecular complexity index is 2590. The van der Waals surface area contributed by atoms with Gasteiger partial charge in [0.1, 0.15) is 11.5 Å². The highest BCUT2D eigenvalue weighted by molar-refractivity contribution is 6.36. The molecule has 3 fully saturated rings. The van der Waals surface area contributed by atoms with Crippen LogP contribution < -0.4 is 15.1 Å². The molecule has 2 aliphatic heterocycles. The van der Waals surface area contributed by atoms with Crippen molar-refractivity contribution in [3.8, 4) is 11.5 Å². The SMILES string of the molecule is COc1ccc([C@@]23C(=O)N(Nc4ccc(Cl)cc4Cl)C(=O)[C@@H]2C[C@@H]2C(=CC[C@@H]4C(=O)N(c5ccc(C(C)=O)cc5)C(=O)[C@@H]42)[C@@H]3c2ccc(O)c3ccccc23)cc1. The lowest BCUT2D eigenvalue weighted by atomic mass is 9.49. The fraction of sp³-hybridized carbons (Fsp3) is 0.222. The Hall–Kier alpha value is -5.97. The molecule has 10 nitrogen and oxygen atoms in total. The lowest BCUT2D eigenvalue weighted by molar-refractivity contribution is -0.138. The Balaban J connectivity index is 1.26. The molecule has 5 aromatic rings. The van der Waals surface area contributed by atoms with E-state index in [-0.39, 0.29) is 41.0 Å². The number of Topliss-reactive ketones (excluding diaryl/α,β-unsaturated/α-hetero) is 1. The molecule has 57 heavy (non-hydrogen) atoms. The number of amides is 4. The maximum atomic E-state index is 15.6. The van der Waals surface area contributed by atoms with Gasteiger partial charge < -0.3 is 9.84 Å². The summed E-state index contributed by atoms with van der Waals surface area (Å²) in [6.45, 7) is 1.45. The number of methoxy groups -OCH3 is 1. The van der Waals surface area contributed by atoms with Crippen molar-refractivity contribution in [3.05, 3.63) is 142 Å². The van der Waals surface area contributed by atoms with Crippen molar-refractivity contribution < 1.29 is 33.8 Å². The molecular weight excluding hydrogens is 765 g/mol. The summed E-state index contributed by atoms with van der Waals surface area (Å²) in [6.07, 6.45) is 2.29. The summed E-state index contributed by atoms with van der Waals surface area (Å²) in [5.41, 5.74) is 4.55. The Labute approximate surface area is 337 Å². The number of carbonyl (C=O) groups excluding carboxylic acids is 5. The number of phenols is 1. The number of nitrogens with zero attached hydrogens (tertiary/aromatic N) is 2. The number of hydrogen-bond acceptors (Lipinski definition) is 8. The smallest absolute Gasteiger partial charge is 0.260 e. The second-order valence-electron chi connectivity index (χ2n) is 15.0. The van der Waals surface area contributed by atoms with Gasteiger partial charge in [-0.15, -0.1) is 0 Å². The van der Waals surface area contributed by atoms with Crippen LogP contribution in [0.5, 0.6) is 11.5 Å². The Kier molecular flexibility index (Phi) is 8.75. The van der Waals surface area contributed by atoms with Crippen LogP contribution in [0.4, 0.5) is 11.4 Å². The van der Waals surface area contributed by atoms with Crippen LogP contribution in [-0.2, 0) is 24.6 Å². The Morgan fingerprint density at radius 3 is 2.25 bits per heavy atom. The second-order valence-corrected chi connectivity index (χ2v) is 15.9. The number of benzene rings is 5. The average molecular weight is 801 g/mol. The summed E-state index contributed by atoms with van der Waals surface area (Å²) < 4.78 is 5.51. The summed E-state index contributed by atoms with van der Waals surface area (Å²) in [5.74, 6) is -5.38. The van der Waals surface area contributed by atoms with Crippen LogP contribution in [0, 0.1) is 23.7 Å². The Morgan fingerprint density at radius 1 is 0.842 bits per heavy atom. The van der Waals surface area contributed by atoms with Gasteiger partial charge in [-0.05, 0) is 103 Å². The predicted octanol–water partition coefficient (Wildman–Crippen LogP) is 8.25. The van der Waals surface area contributed by atoms with Gasteiger partial charge in [-0.2, -0.15) is 5.01 Å². The van der Waals surface area contributed by atoms with E-state index < -0.39 is 52.7 Å². The normalized spacial score (nSPS) is 25.3. The summed E-state index contributed by atoms with van der Waals surface area (Å²) in [5, 5.41) is 13.9. The summed E-state index contributed by atoms with van der Waals surface area (Å²) >= 11 is 12.8. The molecule has 2 aliphatic carbocycles. The molecule has 2 saturated heterocycles. The molecule has 2 N–H and O–H groups in total. The van der Waals surface area contributed by atoms with Crippen LogP contribution in [-0.4, -0.2) is 46.6 Å². The van der Waals surface area contributed by atoms with Crippen molar-refractivity contribution in [2.45, 2.75) is 31.1 Å². The van der Waals surface area contributed by atoms with Gasteiger partial charge in [0.2, 0.25) is 11.8 Å². The minimum atomic E-state index is -1.57. The first-order valence-electron chi connectivity index (χ1n) is 18.6. The number of phenolic OH excluding ortho intramolecular Hbond substituents is 1. The number of nitrogens with one attached hydrogen (secondary N) is 1. The van der Waals surface area contributed by atoms with Gasteiger partial charge >= 0.3 is 0 Å². The number of halogens is 2. The molecule has 0 aromatic heterocycles. The van der Waals surface area contributed by atoms with E-state index in [9.17, 15) is 19.5 Å². The first-order valence-corrected chi connectivity index (χ1v) is 19.3. The van der Waals surface area contributed by atoms with Crippen molar-refractivity contribution in [1.29, 1.82) is 0 Å². The Morgan fingerprint density at radius 2 is 1.56 bits per heavy atom. The molecule has 5 aromatic carbocycles. The molecule has 286 valence electrons. The molecule has 4 aliphatic rings. The summed E-state index contributed by atoms with van der Waals surface area (Å²) in [4.78, 5) is 72.9. The van der Waals surface area contributed by atoms with Crippen LogP contribution >= 0.6 is 23.2 Å². The molecule has 0 spiro atoms. The number of hydrogen-bond donors (Lipinski definition) is 2. The first kappa shape index (κ1) is 36.7. The molecule has 4 amide bonds. The molecule has 12 heteroatoms. The van der Waals surface area contributed by atoms with Gasteiger partial charge in [0.15, 0.2) is 5.78 Å². The lowest BCUT2D eigenvalue weighted by Gasteiger charge is -2.51. The lowest BCUT2D eigenvalue weighted by Crippen LogP contribution is -2.53. The van der Waals surface area contributed by atoms with Crippen LogP contribution in [0.1, 0.15) is 47.2 Å². The average Bonchev–Trinajstić information content (AvgIpc) is 3.60. The monoisotopic (exact) mass is 799 g/mol. The molecule has 0 bridgehead atoms. The van der Waals surface area contributed by atoms with E-state index in [4.69, 9.17) is 27.9 Å². The van der Waals surface area contributed by atoms with Crippen LogP contribution in [0.25, 0.3) is 10.8 Å². The molecule has 0 radical (unpaired) electrons. The second kappa shape index (κ2) is 13.6. The van der Waals surface area contributed by atoms with E-state index in [1.54, 1.807) is 86.0 Å². The van der Waals surface area contributed by atoms with Gasteiger partial charge in [-0.3, -0.25) is 34.3 Å². The van der Waals surface area contributed by atoms with Crippen molar-refractivity contribution in [1.82, 2.24) is 5.01 Å². The number of aromatic hydroxyl groups is 1. The number of allylic oxidation sites excluding steroid dienone is 2.